The van der Waals surface area contributed by atoms with E-state index in [1.807, 2.05) is 12.1 Å². The Kier molecular flexibility index (Phi) is 4.92. The molecule has 7 heteroatoms. The standard InChI is InChI=1S/C17H15NO4S2/c1-20-12-5-6-14(21-2)11(8-12)9-15-16(19)18(17(23)24-15)10-13-4-3-7-22-13/h3-9H,10H2,1-2H3/b15-9+. The van der Waals surface area contributed by atoms with E-state index >= 15 is 0 Å². The van der Waals surface area contributed by atoms with Crippen molar-refractivity contribution < 1.29 is 18.7 Å². The fourth-order valence-corrected chi connectivity index (χ4v) is 3.53. The Morgan fingerprint density at radius 3 is 2.79 bits per heavy atom. The lowest BCUT2D eigenvalue weighted by Gasteiger charge is -2.12. The highest BCUT2D eigenvalue weighted by Crippen LogP contribution is 2.36. The zero-order valence-electron chi connectivity index (χ0n) is 13.1. The molecule has 0 aliphatic carbocycles. The molecular weight excluding hydrogens is 346 g/mol. The van der Waals surface area contributed by atoms with E-state index in [9.17, 15) is 4.79 Å². The average molecular weight is 361 g/mol. The number of hydrogen-bond acceptors (Lipinski definition) is 6. The van der Waals surface area contributed by atoms with Crippen LogP contribution in [0.2, 0.25) is 0 Å². The van der Waals surface area contributed by atoms with E-state index in [0.29, 0.717) is 33.0 Å². The number of thiocarbonyl (C=S) groups is 1. The molecule has 0 radical (unpaired) electrons. The van der Waals surface area contributed by atoms with Crippen LogP contribution < -0.4 is 9.47 Å². The second kappa shape index (κ2) is 7.11. The molecule has 1 aromatic carbocycles. The van der Waals surface area contributed by atoms with Gasteiger partial charge in [-0.2, -0.15) is 0 Å². The summed E-state index contributed by atoms with van der Waals surface area (Å²) in [5, 5.41) is 0. The van der Waals surface area contributed by atoms with Gasteiger partial charge < -0.3 is 13.9 Å². The summed E-state index contributed by atoms with van der Waals surface area (Å²) in [7, 11) is 3.18. The molecule has 0 unspecified atom stereocenters. The van der Waals surface area contributed by atoms with Gasteiger partial charge in [0, 0.05) is 5.56 Å². The van der Waals surface area contributed by atoms with Crippen LogP contribution in [0.25, 0.3) is 6.08 Å². The van der Waals surface area contributed by atoms with Gasteiger partial charge in [-0.15, -0.1) is 0 Å². The number of furan rings is 1. The topological polar surface area (TPSA) is 51.9 Å². The van der Waals surface area contributed by atoms with E-state index in [2.05, 4.69) is 0 Å². The number of amides is 1. The number of carbonyl (C=O) groups excluding carboxylic acids is 1. The molecule has 1 aliphatic rings. The lowest BCUT2D eigenvalue weighted by atomic mass is 10.1. The summed E-state index contributed by atoms with van der Waals surface area (Å²) in [5.74, 6) is 1.89. The lowest BCUT2D eigenvalue weighted by molar-refractivity contribution is -0.122. The summed E-state index contributed by atoms with van der Waals surface area (Å²) in [5.41, 5.74) is 0.760. The fourth-order valence-electron chi connectivity index (χ4n) is 2.29. The number of ether oxygens (including phenoxy) is 2. The Hall–Kier alpha value is -2.25. The van der Waals surface area contributed by atoms with Gasteiger partial charge in [0.25, 0.3) is 5.91 Å². The molecule has 2 heterocycles. The van der Waals surface area contributed by atoms with E-state index in [-0.39, 0.29) is 5.91 Å². The highest BCUT2D eigenvalue weighted by molar-refractivity contribution is 8.26. The van der Waals surface area contributed by atoms with Crippen LogP contribution in [0.15, 0.2) is 45.9 Å². The van der Waals surface area contributed by atoms with Gasteiger partial charge in [0.15, 0.2) is 0 Å². The summed E-state index contributed by atoms with van der Waals surface area (Å²) >= 11 is 6.59. The molecule has 124 valence electrons. The molecule has 24 heavy (non-hydrogen) atoms. The van der Waals surface area contributed by atoms with Crippen LogP contribution in [-0.4, -0.2) is 29.3 Å². The van der Waals surface area contributed by atoms with E-state index in [4.69, 9.17) is 26.1 Å². The zero-order valence-corrected chi connectivity index (χ0v) is 14.8. The summed E-state index contributed by atoms with van der Waals surface area (Å²) in [6, 6.07) is 9.02. The van der Waals surface area contributed by atoms with E-state index in [0.717, 1.165) is 5.56 Å². The first-order chi connectivity index (χ1) is 11.6. The average Bonchev–Trinajstić information content (AvgIpc) is 3.19. The number of thioether (sulfide) groups is 1. The number of carbonyl (C=O) groups is 1. The Morgan fingerprint density at radius 1 is 1.29 bits per heavy atom. The minimum atomic E-state index is -0.147. The van der Waals surface area contributed by atoms with Gasteiger partial charge in [0.05, 0.1) is 31.9 Å². The Bertz CT molecular complexity index is 799. The maximum absolute atomic E-state index is 12.6. The molecule has 0 spiro atoms. The molecule has 5 nitrogen and oxygen atoms in total. The van der Waals surface area contributed by atoms with Gasteiger partial charge in [-0.1, -0.05) is 24.0 Å². The SMILES string of the molecule is COc1ccc(OC)c(/C=C2/SC(=S)N(Cc3ccco3)C2=O)c1. The molecule has 0 bridgehead atoms. The van der Waals surface area contributed by atoms with Crippen molar-refractivity contribution in [2.24, 2.45) is 0 Å². The van der Waals surface area contributed by atoms with E-state index < -0.39 is 0 Å². The van der Waals surface area contributed by atoms with Crippen molar-refractivity contribution in [3.05, 3.63) is 52.8 Å². The molecule has 1 amide bonds. The number of benzene rings is 1. The Balaban J connectivity index is 1.88. The van der Waals surface area contributed by atoms with Crippen molar-refractivity contribution in [3.63, 3.8) is 0 Å². The first-order valence-electron chi connectivity index (χ1n) is 7.12. The van der Waals surface area contributed by atoms with E-state index in [1.165, 1.54) is 16.7 Å². The molecule has 0 atom stereocenters. The maximum atomic E-state index is 12.6. The molecule has 0 saturated carbocycles. The molecule has 2 aromatic rings. The molecule has 1 fully saturated rings. The van der Waals surface area contributed by atoms with Crippen LogP contribution in [-0.2, 0) is 11.3 Å². The van der Waals surface area contributed by atoms with Crippen LogP contribution in [0, 0.1) is 0 Å². The Morgan fingerprint density at radius 2 is 2.12 bits per heavy atom. The fraction of sp³-hybridized carbons (Fsp3) is 0.176. The first kappa shape index (κ1) is 16.6. The molecule has 1 aliphatic heterocycles. The quantitative estimate of drug-likeness (QED) is 0.598. The van der Waals surface area contributed by atoms with Crippen LogP contribution in [0.5, 0.6) is 11.5 Å². The van der Waals surface area contributed by atoms with Crippen molar-refractivity contribution in [1.82, 2.24) is 4.90 Å². The third kappa shape index (κ3) is 3.32. The predicted octanol–water partition coefficient (Wildman–Crippen LogP) is 3.70. The highest BCUT2D eigenvalue weighted by Gasteiger charge is 2.32. The zero-order chi connectivity index (χ0) is 17.1. The van der Waals surface area contributed by atoms with Crippen LogP contribution >= 0.6 is 24.0 Å². The van der Waals surface area contributed by atoms with Crippen LogP contribution in [0.1, 0.15) is 11.3 Å². The third-order valence-electron chi connectivity index (χ3n) is 3.49. The largest absolute Gasteiger partial charge is 0.497 e. The van der Waals surface area contributed by atoms with Gasteiger partial charge in [-0.25, -0.2) is 0 Å². The minimum absolute atomic E-state index is 0.147. The number of nitrogens with zero attached hydrogens (tertiary/aromatic N) is 1. The molecular formula is C17H15NO4S2. The minimum Gasteiger partial charge on any atom is -0.497 e. The van der Waals surface area contributed by atoms with Crippen molar-refractivity contribution in [2.75, 3.05) is 14.2 Å². The van der Waals surface area contributed by atoms with E-state index in [1.54, 1.807) is 44.8 Å². The summed E-state index contributed by atoms with van der Waals surface area (Å²) in [6.45, 7) is 0.324. The molecule has 0 N–H and O–H groups in total. The summed E-state index contributed by atoms with van der Waals surface area (Å²) in [4.78, 5) is 14.7. The maximum Gasteiger partial charge on any atom is 0.266 e. The number of methoxy groups -OCH3 is 2. The third-order valence-corrected chi connectivity index (χ3v) is 4.87. The second-order valence-electron chi connectivity index (χ2n) is 4.96. The first-order valence-corrected chi connectivity index (χ1v) is 8.34. The van der Waals surface area contributed by atoms with Crippen molar-refractivity contribution in [2.45, 2.75) is 6.54 Å². The van der Waals surface area contributed by atoms with Crippen LogP contribution in [0.4, 0.5) is 0 Å². The predicted molar refractivity (Wildman–Crippen MR) is 97.0 cm³/mol. The smallest absolute Gasteiger partial charge is 0.266 e. The highest BCUT2D eigenvalue weighted by atomic mass is 32.2. The van der Waals surface area contributed by atoms with Crippen molar-refractivity contribution in [1.29, 1.82) is 0 Å². The monoisotopic (exact) mass is 361 g/mol. The van der Waals surface area contributed by atoms with Gasteiger partial charge in [-0.3, -0.25) is 9.69 Å². The van der Waals surface area contributed by atoms with Crippen LogP contribution in [0.3, 0.4) is 0 Å². The molecule has 1 saturated heterocycles. The van der Waals surface area contributed by atoms with Gasteiger partial charge in [0.1, 0.15) is 21.6 Å². The molecule has 3 rings (SSSR count). The number of hydrogen-bond donors (Lipinski definition) is 0. The Labute approximate surface area is 149 Å². The number of rotatable bonds is 5. The second-order valence-corrected chi connectivity index (χ2v) is 6.63. The normalized spacial score (nSPS) is 16.1. The van der Waals surface area contributed by atoms with Gasteiger partial charge in [-0.05, 0) is 36.4 Å². The summed E-state index contributed by atoms with van der Waals surface area (Å²) < 4.78 is 16.4. The molecule has 1 aromatic heterocycles. The lowest BCUT2D eigenvalue weighted by Crippen LogP contribution is -2.27. The summed E-state index contributed by atoms with van der Waals surface area (Å²) in [6.07, 6.45) is 3.34. The van der Waals surface area contributed by atoms with Crippen molar-refractivity contribution >= 4 is 40.3 Å². The van der Waals surface area contributed by atoms with Crippen molar-refractivity contribution in [3.8, 4) is 11.5 Å². The van der Waals surface area contributed by atoms with Gasteiger partial charge in [0.2, 0.25) is 0 Å². The van der Waals surface area contributed by atoms with Gasteiger partial charge >= 0.3 is 0 Å².